The van der Waals surface area contributed by atoms with Crippen LogP contribution in [0, 0.1) is 0 Å². The van der Waals surface area contributed by atoms with E-state index in [1.165, 1.54) is 4.90 Å². The minimum absolute atomic E-state index is 0.000266. The third-order valence-corrected chi connectivity index (χ3v) is 5.26. The average molecular weight is 409 g/mol. The molecule has 0 saturated carbocycles. The number of benzene rings is 2. The molecule has 2 aromatic carbocycles. The Morgan fingerprint density at radius 1 is 1.07 bits per heavy atom. The maximum atomic E-state index is 12.4. The fraction of sp³-hybridized carbons (Fsp3) is 0.348. The summed E-state index contributed by atoms with van der Waals surface area (Å²) in [5.41, 5.74) is 1.91. The summed E-state index contributed by atoms with van der Waals surface area (Å²) in [5, 5.41) is 2.96. The molecule has 1 aliphatic rings. The van der Waals surface area contributed by atoms with Crippen LogP contribution in [0.25, 0.3) is 0 Å². The molecule has 3 amide bonds. The second-order valence-electron chi connectivity index (χ2n) is 7.47. The van der Waals surface area contributed by atoms with Crippen molar-refractivity contribution in [2.45, 2.75) is 18.9 Å². The summed E-state index contributed by atoms with van der Waals surface area (Å²) in [5.74, 6) is 0.0800. The Kier molecular flexibility index (Phi) is 6.84. The van der Waals surface area contributed by atoms with Crippen molar-refractivity contribution >= 4 is 17.7 Å². The molecule has 0 bridgehead atoms. The Balaban J connectivity index is 1.50. The number of carbonyl (C=O) groups is 3. The monoisotopic (exact) mass is 409 g/mol. The number of nitrogens with one attached hydrogen (secondary N) is 1. The van der Waals surface area contributed by atoms with Gasteiger partial charge in [0.05, 0.1) is 24.3 Å². The molecule has 3 rings (SSSR count). The van der Waals surface area contributed by atoms with E-state index in [-0.39, 0.29) is 36.7 Å². The van der Waals surface area contributed by atoms with Crippen LogP contribution in [0.1, 0.15) is 45.2 Å². The summed E-state index contributed by atoms with van der Waals surface area (Å²) in [6.07, 6.45) is 0.661. The SMILES string of the molecule is COc1cccc([C@H](CNC(=O)CCCN2C(=O)c3ccccc3C2=O)N(C)C)c1. The molecule has 0 aromatic heterocycles. The number of imide groups is 1. The number of likely N-dealkylation sites (N-methyl/N-ethyl adjacent to an activating group) is 1. The van der Waals surface area contributed by atoms with E-state index in [1.54, 1.807) is 31.4 Å². The number of rotatable bonds is 9. The topological polar surface area (TPSA) is 79.0 Å². The van der Waals surface area contributed by atoms with Crippen LogP contribution in [0.15, 0.2) is 48.5 Å². The fourth-order valence-electron chi connectivity index (χ4n) is 3.59. The van der Waals surface area contributed by atoms with Crippen molar-refractivity contribution in [2.75, 3.05) is 34.3 Å². The molecule has 0 radical (unpaired) electrons. The van der Waals surface area contributed by atoms with E-state index >= 15 is 0 Å². The lowest BCUT2D eigenvalue weighted by atomic mass is 10.1. The largest absolute Gasteiger partial charge is 0.497 e. The molecule has 1 aliphatic heterocycles. The number of hydrogen-bond acceptors (Lipinski definition) is 5. The van der Waals surface area contributed by atoms with Gasteiger partial charge in [0.1, 0.15) is 5.75 Å². The molecule has 1 N–H and O–H groups in total. The highest BCUT2D eigenvalue weighted by atomic mass is 16.5. The number of nitrogens with zero attached hydrogens (tertiary/aromatic N) is 2. The molecule has 7 heteroatoms. The molecule has 0 unspecified atom stereocenters. The lowest BCUT2D eigenvalue weighted by Gasteiger charge is -2.25. The van der Waals surface area contributed by atoms with Gasteiger partial charge < -0.3 is 15.0 Å². The first-order valence-electron chi connectivity index (χ1n) is 9.94. The Bertz CT molecular complexity index is 907. The summed E-state index contributed by atoms with van der Waals surface area (Å²) in [4.78, 5) is 40.3. The van der Waals surface area contributed by atoms with Crippen molar-refractivity contribution in [1.82, 2.24) is 15.1 Å². The van der Waals surface area contributed by atoms with Gasteiger partial charge in [0.2, 0.25) is 5.91 Å². The van der Waals surface area contributed by atoms with Crippen molar-refractivity contribution in [2.24, 2.45) is 0 Å². The van der Waals surface area contributed by atoms with E-state index < -0.39 is 0 Å². The predicted octanol–water partition coefficient (Wildman–Crippen LogP) is 2.49. The number of carbonyl (C=O) groups excluding carboxylic acids is 3. The highest BCUT2D eigenvalue weighted by molar-refractivity contribution is 6.21. The van der Waals surface area contributed by atoms with Gasteiger partial charge in [0, 0.05) is 19.5 Å². The average Bonchev–Trinajstić information content (AvgIpc) is 2.99. The molecular formula is C23H27N3O4. The van der Waals surface area contributed by atoms with Crippen LogP contribution in [0.3, 0.4) is 0 Å². The van der Waals surface area contributed by atoms with Crippen LogP contribution in [0.5, 0.6) is 5.75 Å². The standard InChI is InChI=1S/C23H27N3O4/c1-25(2)20(16-8-6-9-17(14-16)30-3)15-24-21(27)12-7-13-26-22(28)18-10-4-5-11-19(18)23(26)29/h4-6,8-11,14,20H,7,12-13,15H2,1-3H3,(H,24,27)/t20-/m0/s1. The van der Waals surface area contributed by atoms with Crippen LogP contribution in [0.2, 0.25) is 0 Å². The third-order valence-electron chi connectivity index (χ3n) is 5.26. The van der Waals surface area contributed by atoms with E-state index in [0.717, 1.165) is 11.3 Å². The molecule has 0 saturated heterocycles. The van der Waals surface area contributed by atoms with Crippen molar-refractivity contribution < 1.29 is 19.1 Å². The van der Waals surface area contributed by atoms with Crippen molar-refractivity contribution in [3.63, 3.8) is 0 Å². The minimum Gasteiger partial charge on any atom is -0.497 e. The quantitative estimate of drug-likeness (QED) is 0.644. The van der Waals surface area contributed by atoms with Crippen molar-refractivity contribution in [1.29, 1.82) is 0 Å². The number of ether oxygens (including phenoxy) is 1. The highest BCUT2D eigenvalue weighted by Gasteiger charge is 2.34. The lowest BCUT2D eigenvalue weighted by molar-refractivity contribution is -0.121. The van der Waals surface area contributed by atoms with Gasteiger partial charge in [-0.25, -0.2) is 0 Å². The number of hydrogen-bond donors (Lipinski definition) is 1. The van der Waals surface area contributed by atoms with Crippen LogP contribution in [-0.2, 0) is 4.79 Å². The first kappa shape index (κ1) is 21.5. The highest BCUT2D eigenvalue weighted by Crippen LogP contribution is 2.23. The zero-order valence-corrected chi connectivity index (χ0v) is 17.6. The van der Waals surface area contributed by atoms with Gasteiger partial charge in [0.15, 0.2) is 0 Å². The summed E-state index contributed by atoms with van der Waals surface area (Å²) in [6, 6.07) is 14.6. The lowest BCUT2D eigenvalue weighted by Crippen LogP contribution is -2.35. The Morgan fingerprint density at radius 2 is 1.73 bits per heavy atom. The van der Waals surface area contributed by atoms with Crippen molar-refractivity contribution in [3.05, 3.63) is 65.2 Å². The molecule has 7 nitrogen and oxygen atoms in total. The molecule has 1 heterocycles. The fourth-order valence-corrected chi connectivity index (χ4v) is 3.59. The van der Waals surface area contributed by atoms with E-state index in [9.17, 15) is 14.4 Å². The van der Waals surface area contributed by atoms with Gasteiger partial charge in [-0.15, -0.1) is 0 Å². The zero-order valence-electron chi connectivity index (χ0n) is 17.6. The van der Waals surface area contributed by atoms with Crippen LogP contribution < -0.4 is 10.1 Å². The Labute approximate surface area is 176 Å². The third kappa shape index (κ3) is 4.68. The maximum Gasteiger partial charge on any atom is 0.261 e. The first-order valence-corrected chi connectivity index (χ1v) is 9.94. The van der Waals surface area contributed by atoms with E-state index in [2.05, 4.69) is 5.32 Å². The number of methoxy groups -OCH3 is 1. The Morgan fingerprint density at radius 3 is 2.33 bits per heavy atom. The number of fused-ring (bicyclic) bond motifs is 1. The van der Waals surface area contributed by atoms with E-state index in [0.29, 0.717) is 24.1 Å². The van der Waals surface area contributed by atoms with Crippen LogP contribution in [-0.4, -0.2) is 61.8 Å². The van der Waals surface area contributed by atoms with Gasteiger partial charge in [-0.05, 0) is 50.3 Å². The second-order valence-corrected chi connectivity index (χ2v) is 7.47. The molecule has 0 aliphatic carbocycles. The number of amides is 3. The maximum absolute atomic E-state index is 12.4. The molecule has 1 atom stereocenters. The summed E-state index contributed by atoms with van der Waals surface area (Å²) in [7, 11) is 5.54. The second kappa shape index (κ2) is 9.54. The van der Waals surface area contributed by atoms with E-state index in [4.69, 9.17) is 4.74 Å². The van der Waals surface area contributed by atoms with Crippen molar-refractivity contribution in [3.8, 4) is 5.75 Å². The predicted molar refractivity (Wildman–Crippen MR) is 113 cm³/mol. The summed E-state index contributed by atoms with van der Waals surface area (Å²) < 4.78 is 5.29. The smallest absolute Gasteiger partial charge is 0.261 e. The molecule has 2 aromatic rings. The Hall–Kier alpha value is -3.19. The van der Waals surface area contributed by atoms with Crippen LogP contribution in [0.4, 0.5) is 0 Å². The first-order chi connectivity index (χ1) is 14.4. The molecule has 158 valence electrons. The normalized spacial score (nSPS) is 14.1. The van der Waals surface area contributed by atoms with Gasteiger partial charge in [-0.2, -0.15) is 0 Å². The van der Waals surface area contributed by atoms with Gasteiger partial charge in [0.25, 0.3) is 11.8 Å². The molecule has 30 heavy (non-hydrogen) atoms. The van der Waals surface area contributed by atoms with Gasteiger partial charge in [-0.3, -0.25) is 19.3 Å². The summed E-state index contributed by atoms with van der Waals surface area (Å²) in [6.45, 7) is 0.679. The molecule has 0 fully saturated rings. The zero-order chi connectivity index (χ0) is 21.7. The molecule has 0 spiro atoms. The summed E-state index contributed by atoms with van der Waals surface area (Å²) >= 11 is 0. The van der Waals surface area contributed by atoms with Gasteiger partial charge >= 0.3 is 0 Å². The minimum atomic E-state index is -0.290. The molecular weight excluding hydrogens is 382 g/mol. The van der Waals surface area contributed by atoms with Crippen LogP contribution >= 0.6 is 0 Å². The van der Waals surface area contributed by atoms with E-state index in [1.807, 2.05) is 43.3 Å². The van der Waals surface area contributed by atoms with Gasteiger partial charge in [-0.1, -0.05) is 24.3 Å².